The molecule has 104 valence electrons. The van der Waals surface area contributed by atoms with Crippen molar-refractivity contribution in [2.45, 2.75) is 32.9 Å². The Balaban J connectivity index is 2.70. The fourth-order valence-electron chi connectivity index (χ4n) is 1.44. The molecule has 5 nitrogen and oxygen atoms in total. The molecular weight excluding hydrogens is 242 g/mol. The number of hydrogen-bond donors (Lipinski definition) is 2. The van der Waals surface area contributed by atoms with E-state index in [1.807, 2.05) is 19.9 Å². The van der Waals surface area contributed by atoms with Crippen LogP contribution in [0.2, 0.25) is 0 Å². The van der Waals surface area contributed by atoms with Gasteiger partial charge in [0.15, 0.2) is 0 Å². The first-order valence-corrected chi connectivity index (χ1v) is 6.31. The van der Waals surface area contributed by atoms with Crippen LogP contribution in [0.25, 0.3) is 0 Å². The summed E-state index contributed by atoms with van der Waals surface area (Å²) >= 11 is 0. The normalized spacial score (nSPS) is 11.8. The molecule has 1 aromatic rings. The smallest absolute Gasteiger partial charge is 0.242 e. The lowest BCUT2D eigenvalue weighted by atomic mass is 10.3. The molecule has 0 spiro atoms. The van der Waals surface area contributed by atoms with Crippen molar-refractivity contribution in [3.63, 3.8) is 0 Å². The fourth-order valence-corrected chi connectivity index (χ4v) is 1.44. The summed E-state index contributed by atoms with van der Waals surface area (Å²) in [6.07, 6.45) is 3.33. The van der Waals surface area contributed by atoms with Crippen molar-refractivity contribution in [3.8, 4) is 5.88 Å². The fraction of sp³-hybridized carbons (Fsp3) is 0.429. The van der Waals surface area contributed by atoms with Gasteiger partial charge in [-0.15, -0.1) is 6.58 Å². The minimum Gasteiger partial charge on any atom is -0.473 e. The van der Waals surface area contributed by atoms with Crippen molar-refractivity contribution in [3.05, 3.63) is 31.0 Å². The summed E-state index contributed by atoms with van der Waals surface area (Å²) in [5.41, 5.74) is 0.706. The van der Waals surface area contributed by atoms with Crippen LogP contribution in [0.5, 0.6) is 5.88 Å². The first-order valence-electron chi connectivity index (χ1n) is 6.31. The second-order valence-electron chi connectivity index (χ2n) is 4.42. The van der Waals surface area contributed by atoms with Crippen LogP contribution >= 0.6 is 0 Å². The Morgan fingerprint density at radius 1 is 1.53 bits per heavy atom. The monoisotopic (exact) mass is 263 g/mol. The van der Waals surface area contributed by atoms with Crippen LogP contribution in [0.15, 0.2) is 31.0 Å². The molecule has 0 saturated carbocycles. The second-order valence-corrected chi connectivity index (χ2v) is 4.42. The first kappa shape index (κ1) is 15.0. The zero-order valence-corrected chi connectivity index (χ0v) is 11.6. The highest BCUT2D eigenvalue weighted by Gasteiger charge is 2.14. The van der Waals surface area contributed by atoms with Crippen molar-refractivity contribution in [2.75, 3.05) is 11.9 Å². The van der Waals surface area contributed by atoms with Crippen molar-refractivity contribution < 1.29 is 9.53 Å². The summed E-state index contributed by atoms with van der Waals surface area (Å²) in [5.74, 6) is 0.403. The molecule has 0 aliphatic rings. The van der Waals surface area contributed by atoms with Gasteiger partial charge in [-0.2, -0.15) is 0 Å². The van der Waals surface area contributed by atoms with Crippen LogP contribution in [-0.2, 0) is 4.79 Å². The van der Waals surface area contributed by atoms with E-state index >= 15 is 0 Å². The highest BCUT2D eigenvalue weighted by Crippen LogP contribution is 2.22. The molecule has 0 aliphatic carbocycles. The number of rotatable bonds is 7. The second kappa shape index (κ2) is 7.41. The first-order chi connectivity index (χ1) is 9.04. The van der Waals surface area contributed by atoms with Crippen molar-refractivity contribution >= 4 is 11.6 Å². The minimum absolute atomic E-state index is 0.0281. The molecule has 5 heteroatoms. The topological polar surface area (TPSA) is 63.2 Å². The third kappa shape index (κ3) is 4.99. The number of carbonyl (C=O) groups excluding carboxylic acids is 1. The lowest BCUT2D eigenvalue weighted by Crippen LogP contribution is -2.37. The van der Waals surface area contributed by atoms with Gasteiger partial charge < -0.3 is 15.4 Å². The third-order valence-corrected chi connectivity index (χ3v) is 2.30. The van der Waals surface area contributed by atoms with E-state index in [0.717, 1.165) is 0 Å². The highest BCUT2D eigenvalue weighted by molar-refractivity contribution is 5.84. The zero-order valence-electron chi connectivity index (χ0n) is 11.6. The van der Waals surface area contributed by atoms with E-state index in [1.165, 1.54) is 0 Å². The predicted molar refractivity (Wildman–Crippen MR) is 76.3 cm³/mol. The van der Waals surface area contributed by atoms with Crippen molar-refractivity contribution in [1.82, 2.24) is 10.3 Å². The molecule has 0 saturated heterocycles. The van der Waals surface area contributed by atoms with Crippen LogP contribution in [0, 0.1) is 0 Å². The van der Waals surface area contributed by atoms with Crippen LogP contribution in [0.1, 0.15) is 20.8 Å². The summed E-state index contributed by atoms with van der Waals surface area (Å²) in [7, 11) is 0. The van der Waals surface area contributed by atoms with Crippen LogP contribution in [0.3, 0.4) is 0 Å². The number of ether oxygens (including phenoxy) is 1. The standard InChI is InChI=1S/C14H21N3O2/c1-5-8-15-13(18)11(4)17-12-7-6-9-16-14(12)19-10(2)3/h5-7,9-11,17H,1,8H2,2-4H3,(H,15,18). The Labute approximate surface area is 114 Å². The van der Waals surface area contributed by atoms with Gasteiger partial charge >= 0.3 is 0 Å². The number of aromatic nitrogens is 1. The molecule has 1 atom stereocenters. The Morgan fingerprint density at radius 3 is 2.89 bits per heavy atom. The molecular formula is C14H21N3O2. The van der Waals surface area contributed by atoms with Crippen LogP contribution < -0.4 is 15.4 Å². The van der Waals surface area contributed by atoms with Gasteiger partial charge in [-0.05, 0) is 32.9 Å². The maximum atomic E-state index is 11.8. The highest BCUT2D eigenvalue weighted by atomic mass is 16.5. The molecule has 1 heterocycles. The minimum atomic E-state index is -0.376. The SMILES string of the molecule is C=CCNC(=O)C(C)Nc1cccnc1OC(C)C. The Bertz CT molecular complexity index is 432. The number of nitrogens with one attached hydrogen (secondary N) is 2. The predicted octanol–water partition coefficient (Wildman–Crippen LogP) is 1.97. The van der Waals surface area contributed by atoms with Gasteiger partial charge in [0.25, 0.3) is 0 Å². The molecule has 0 aliphatic heterocycles. The van der Waals surface area contributed by atoms with Gasteiger partial charge in [0.1, 0.15) is 6.04 Å². The number of carbonyl (C=O) groups is 1. The van der Waals surface area contributed by atoms with Crippen LogP contribution in [0.4, 0.5) is 5.69 Å². The van der Waals surface area contributed by atoms with E-state index in [1.54, 1.807) is 25.3 Å². The van der Waals surface area contributed by atoms with E-state index in [9.17, 15) is 4.79 Å². The molecule has 1 aromatic heterocycles. The number of pyridine rings is 1. The van der Waals surface area contributed by atoms with Crippen molar-refractivity contribution in [2.24, 2.45) is 0 Å². The van der Waals surface area contributed by atoms with Crippen LogP contribution in [-0.4, -0.2) is 29.6 Å². The number of amides is 1. The largest absolute Gasteiger partial charge is 0.473 e. The molecule has 0 aromatic carbocycles. The summed E-state index contributed by atoms with van der Waals surface area (Å²) in [4.78, 5) is 15.9. The average molecular weight is 263 g/mol. The Hall–Kier alpha value is -2.04. The maximum absolute atomic E-state index is 11.8. The maximum Gasteiger partial charge on any atom is 0.242 e. The quantitative estimate of drug-likeness (QED) is 0.738. The molecule has 0 fully saturated rings. The third-order valence-electron chi connectivity index (χ3n) is 2.30. The van der Waals surface area contributed by atoms with Gasteiger partial charge in [0.05, 0.1) is 11.8 Å². The summed E-state index contributed by atoms with van der Waals surface area (Å²) in [6.45, 7) is 9.65. The van der Waals surface area contributed by atoms with Gasteiger partial charge in [0, 0.05) is 12.7 Å². The van der Waals surface area contributed by atoms with E-state index in [0.29, 0.717) is 18.1 Å². The van der Waals surface area contributed by atoms with E-state index in [2.05, 4.69) is 22.2 Å². The zero-order chi connectivity index (χ0) is 14.3. The van der Waals surface area contributed by atoms with E-state index in [4.69, 9.17) is 4.74 Å². The van der Waals surface area contributed by atoms with Crippen molar-refractivity contribution in [1.29, 1.82) is 0 Å². The molecule has 1 rings (SSSR count). The summed E-state index contributed by atoms with van der Waals surface area (Å²) < 4.78 is 5.59. The lowest BCUT2D eigenvalue weighted by molar-refractivity contribution is -0.121. The molecule has 1 amide bonds. The van der Waals surface area contributed by atoms with Gasteiger partial charge in [-0.25, -0.2) is 4.98 Å². The Morgan fingerprint density at radius 2 is 2.26 bits per heavy atom. The van der Waals surface area contributed by atoms with Gasteiger partial charge in [0.2, 0.25) is 11.8 Å². The number of anilines is 1. The van der Waals surface area contributed by atoms with Gasteiger partial charge in [-0.1, -0.05) is 6.08 Å². The summed E-state index contributed by atoms with van der Waals surface area (Å²) in [6, 6.07) is 3.25. The summed E-state index contributed by atoms with van der Waals surface area (Å²) in [5, 5.41) is 5.82. The van der Waals surface area contributed by atoms with E-state index < -0.39 is 0 Å². The molecule has 0 bridgehead atoms. The molecule has 1 unspecified atom stereocenters. The lowest BCUT2D eigenvalue weighted by Gasteiger charge is -2.18. The van der Waals surface area contributed by atoms with Gasteiger partial charge in [-0.3, -0.25) is 4.79 Å². The number of nitrogens with zero attached hydrogens (tertiary/aromatic N) is 1. The number of hydrogen-bond acceptors (Lipinski definition) is 4. The molecule has 19 heavy (non-hydrogen) atoms. The molecule has 0 radical (unpaired) electrons. The van der Waals surface area contributed by atoms with E-state index in [-0.39, 0.29) is 18.1 Å². The molecule has 2 N–H and O–H groups in total. The Kier molecular flexibility index (Phi) is 5.85. The average Bonchev–Trinajstić information content (AvgIpc) is 2.37.